The Bertz CT molecular complexity index is 151. The van der Waals surface area contributed by atoms with Crippen LogP contribution in [0.3, 0.4) is 0 Å². The molecule has 1 aliphatic rings. The lowest BCUT2D eigenvalue weighted by molar-refractivity contribution is 0.0656. The molecule has 84 valence electrons. The number of piperidine rings is 1. The molecule has 0 saturated carbocycles. The van der Waals surface area contributed by atoms with Crippen LogP contribution < -0.4 is 11.5 Å². The summed E-state index contributed by atoms with van der Waals surface area (Å²) in [6, 6.07) is 0. The number of rotatable bonds is 5. The van der Waals surface area contributed by atoms with Gasteiger partial charge < -0.3 is 11.5 Å². The van der Waals surface area contributed by atoms with Crippen LogP contribution in [0.25, 0.3) is 0 Å². The molecule has 0 amide bonds. The van der Waals surface area contributed by atoms with Gasteiger partial charge >= 0.3 is 0 Å². The molecule has 0 radical (unpaired) electrons. The predicted octanol–water partition coefficient (Wildman–Crippen LogP) is 1.62. The van der Waals surface area contributed by atoms with Gasteiger partial charge in [0, 0.05) is 13.1 Å². The van der Waals surface area contributed by atoms with Crippen molar-refractivity contribution in [3.63, 3.8) is 0 Å². The van der Waals surface area contributed by atoms with E-state index in [-0.39, 0.29) is 0 Å². The largest absolute Gasteiger partial charge is 0.301 e. The lowest BCUT2D eigenvalue weighted by Crippen LogP contribution is -2.64. The van der Waals surface area contributed by atoms with Crippen molar-refractivity contribution in [2.45, 2.75) is 57.7 Å². The minimum absolute atomic E-state index is 0.546. The van der Waals surface area contributed by atoms with Crippen molar-refractivity contribution >= 4 is 0 Å². The van der Waals surface area contributed by atoms with E-state index in [0.717, 1.165) is 25.9 Å². The SMILES string of the molecule is CCCCCC(N)(N)N1CCCCC1. The van der Waals surface area contributed by atoms with E-state index in [9.17, 15) is 0 Å². The van der Waals surface area contributed by atoms with E-state index in [0.29, 0.717) is 0 Å². The summed E-state index contributed by atoms with van der Waals surface area (Å²) in [4.78, 5) is 2.26. The second-order valence-electron chi connectivity index (χ2n) is 4.50. The van der Waals surface area contributed by atoms with Crippen LogP contribution in [-0.4, -0.2) is 23.8 Å². The molecule has 1 aliphatic heterocycles. The lowest BCUT2D eigenvalue weighted by Gasteiger charge is -2.40. The van der Waals surface area contributed by atoms with Gasteiger partial charge in [0.1, 0.15) is 5.79 Å². The molecular weight excluding hydrogens is 174 g/mol. The maximum absolute atomic E-state index is 6.14. The van der Waals surface area contributed by atoms with E-state index in [1.165, 1.54) is 32.1 Å². The Morgan fingerprint density at radius 1 is 1.07 bits per heavy atom. The van der Waals surface area contributed by atoms with E-state index in [1.54, 1.807) is 0 Å². The first-order chi connectivity index (χ1) is 6.67. The molecule has 0 spiro atoms. The van der Waals surface area contributed by atoms with Crippen LogP contribution in [0.1, 0.15) is 51.9 Å². The first kappa shape index (κ1) is 12.0. The van der Waals surface area contributed by atoms with Crippen molar-refractivity contribution in [3.05, 3.63) is 0 Å². The Labute approximate surface area is 87.8 Å². The Kier molecular flexibility index (Phi) is 4.85. The third-order valence-corrected chi connectivity index (χ3v) is 3.13. The van der Waals surface area contributed by atoms with Gasteiger partial charge in [-0.1, -0.05) is 26.2 Å². The standard InChI is InChI=1S/C11H25N3/c1-2-3-5-8-11(12,13)14-9-6-4-7-10-14/h2-10,12-13H2,1H3. The smallest absolute Gasteiger partial charge is 0.120 e. The Morgan fingerprint density at radius 2 is 1.71 bits per heavy atom. The predicted molar refractivity (Wildman–Crippen MR) is 60.7 cm³/mol. The van der Waals surface area contributed by atoms with Gasteiger partial charge in [-0.05, 0) is 25.7 Å². The number of hydrogen-bond donors (Lipinski definition) is 2. The summed E-state index contributed by atoms with van der Waals surface area (Å²) >= 11 is 0. The van der Waals surface area contributed by atoms with Gasteiger partial charge in [-0.3, -0.25) is 4.90 Å². The molecule has 0 unspecified atom stereocenters. The molecule has 1 fully saturated rings. The normalized spacial score (nSPS) is 19.9. The number of unbranched alkanes of at least 4 members (excludes halogenated alkanes) is 2. The topological polar surface area (TPSA) is 55.3 Å². The maximum Gasteiger partial charge on any atom is 0.120 e. The van der Waals surface area contributed by atoms with Gasteiger partial charge in [0.2, 0.25) is 0 Å². The molecule has 4 N–H and O–H groups in total. The lowest BCUT2D eigenvalue weighted by atomic mass is 10.0. The summed E-state index contributed by atoms with van der Waals surface area (Å²) in [5, 5.41) is 0. The van der Waals surface area contributed by atoms with Crippen LogP contribution >= 0.6 is 0 Å². The monoisotopic (exact) mass is 199 g/mol. The summed E-state index contributed by atoms with van der Waals surface area (Å²) < 4.78 is 0. The van der Waals surface area contributed by atoms with Gasteiger partial charge in [0.25, 0.3) is 0 Å². The van der Waals surface area contributed by atoms with Gasteiger partial charge in [-0.15, -0.1) is 0 Å². The van der Waals surface area contributed by atoms with Crippen LogP contribution in [0.15, 0.2) is 0 Å². The van der Waals surface area contributed by atoms with E-state index < -0.39 is 5.79 Å². The van der Waals surface area contributed by atoms with Crippen LogP contribution in [-0.2, 0) is 0 Å². The van der Waals surface area contributed by atoms with Crippen molar-refractivity contribution in [1.82, 2.24) is 4.90 Å². The van der Waals surface area contributed by atoms with Crippen LogP contribution in [0.4, 0.5) is 0 Å². The molecule has 3 heteroatoms. The van der Waals surface area contributed by atoms with E-state index >= 15 is 0 Å². The van der Waals surface area contributed by atoms with Gasteiger partial charge in [0.15, 0.2) is 0 Å². The van der Waals surface area contributed by atoms with E-state index in [2.05, 4.69) is 11.8 Å². The second kappa shape index (κ2) is 5.69. The zero-order valence-corrected chi connectivity index (χ0v) is 9.47. The average molecular weight is 199 g/mol. The fourth-order valence-corrected chi connectivity index (χ4v) is 2.13. The summed E-state index contributed by atoms with van der Waals surface area (Å²) in [6.07, 6.45) is 8.40. The van der Waals surface area contributed by atoms with E-state index in [1.807, 2.05) is 0 Å². The fourth-order valence-electron chi connectivity index (χ4n) is 2.13. The molecule has 1 heterocycles. The Morgan fingerprint density at radius 3 is 2.29 bits per heavy atom. The molecule has 0 atom stereocenters. The molecule has 14 heavy (non-hydrogen) atoms. The summed E-state index contributed by atoms with van der Waals surface area (Å²) in [6.45, 7) is 4.37. The van der Waals surface area contributed by atoms with Gasteiger partial charge in [0.05, 0.1) is 0 Å². The molecule has 0 bridgehead atoms. The molecule has 1 saturated heterocycles. The molecule has 0 aromatic carbocycles. The van der Waals surface area contributed by atoms with Crippen molar-refractivity contribution in [1.29, 1.82) is 0 Å². The number of hydrogen-bond acceptors (Lipinski definition) is 3. The Balaban J connectivity index is 2.29. The minimum Gasteiger partial charge on any atom is -0.301 e. The molecule has 1 rings (SSSR count). The summed E-state index contributed by atoms with van der Waals surface area (Å²) in [7, 11) is 0. The molecule has 0 aromatic rings. The molecule has 3 nitrogen and oxygen atoms in total. The number of nitrogens with two attached hydrogens (primary N) is 2. The third kappa shape index (κ3) is 3.56. The maximum atomic E-state index is 6.14. The van der Waals surface area contributed by atoms with Crippen LogP contribution in [0, 0.1) is 0 Å². The summed E-state index contributed by atoms with van der Waals surface area (Å²) in [5.74, 6) is -0.546. The summed E-state index contributed by atoms with van der Waals surface area (Å²) in [5.41, 5.74) is 12.3. The highest BCUT2D eigenvalue weighted by molar-refractivity contribution is 4.80. The van der Waals surface area contributed by atoms with Crippen molar-refractivity contribution < 1.29 is 0 Å². The highest BCUT2D eigenvalue weighted by Gasteiger charge is 2.28. The van der Waals surface area contributed by atoms with Crippen molar-refractivity contribution in [2.75, 3.05) is 13.1 Å². The highest BCUT2D eigenvalue weighted by atomic mass is 15.3. The fraction of sp³-hybridized carbons (Fsp3) is 1.00. The van der Waals surface area contributed by atoms with Crippen molar-refractivity contribution in [3.8, 4) is 0 Å². The number of likely N-dealkylation sites (tertiary alicyclic amines) is 1. The van der Waals surface area contributed by atoms with Crippen LogP contribution in [0.5, 0.6) is 0 Å². The first-order valence-corrected chi connectivity index (χ1v) is 5.99. The third-order valence-electron chi connectivity index (χ3n) is 3.13. The zero-order valence-electron chi connectivity index (χ0n) is 9.47. The van der Waals surface area contributed by atoms with Gasteiger partial charge in [-0.25, -0.2) is 0 Å². The van der Waals surface area contributed by atoms with Crippen molar-refractivity contribution in [2.24, 2.45) is 11.5 Å². The van der Waals surface area contributed by atoms with E-state index in [4.69, 9.17) is 11.5 Å². The molecule has 0 aliphatic carbocycles. The highest BCUT2D eigenvalue weighted by Crippen LogP contribution is 2.18. The quantitative estimate of drug-likeness (QED) is 0.522. The Hall–Kier alpha value is -0.120. The zero-order chi connectivity index (χ0) is 10.4. The minimum atomic E-state index is -0.546. The number of nitrogens with zero attached hydrogens (tertiary/aromatic N) is 1. The second-order valence-corrected chi connectivity index (χ2v) is 4.50. The van der Waals surface area contributed by atoms with Crippen LogP contribution in [0.2, 0.25) is 0 Å². The molecule has 0 aromatic heterocycles. The molecular formula is C11H25N3. The first-order valence-electron chi connectivity index (χ1n) is 5.99. The average Bonchev–Trinajstić information content (AvgIpc) is 2.19. The van der Waals surface area contributed by atoms with Gasteiger partial charge in [-0.2, -0.15) is 0 Å².